The zero-order valence-electron chi connectivity index (χ0n) is 12.2. The molecule has 0 saturated heterocycles. The van der Waals surface area contributed by atoms with Gasteiger partial charge < -0.3 is 15.0 Å². The topological polar surface area (TPSA) is 66.0 Å². The van der Waals surface area contributed by atoms with Crippen molar-refractivity contribution < 1.29 is 4.74 Å². The maximum Gasteiger partial charge on any atom is 0.145 e. The second-order valence-electron chi connectivity index (χ2n) is 5.69. The van der Waals surface area contributed by atoms with Gasteiger partial charge >= 0.3 is 0 Å². The summed E-state index contributed by atoms with van der Waals surface area (Å²) in [5, 5.41) is 0.990. The third-order valence-electron chi connectivity index (χ3n) is 4.16. The fourth-order valence-electron chi connectivity index (χ4n) is 2.63. The molecule has 1 fully saturated rings. The van der Waals surface area contributed by atoms with Crippen LogP contribution in [0.5, 0.6) is 0 Å². The molecule has 1 saturated carbocycles. The molecule has 0 bridgehead atoms. The summed E-state index contributed by atoms with van der Waals surface area (Å²) >= 11 is 0. The number of rotatable bonds is 6. The maximum absolute atomic E-state index is 5.97. The molecule has 0 radical (unpaired) electrons. The zero-order valence-corrected chi connectivity index (χ0v) is 12.2. The highest BCUT2D eigenvalue weighted by atomic mass is 16.5. The van der Waals surface area contributed by atoms with Crippen molar-refractivity contribution in [3.05, 3.63) is 17.6 Å². The van der Waals surface area contributed by atoms with Crippen LogP contribution in [-0.2, 0) is 11.3 Å². The lowest BCUT2D eigenvalue weighted by atomic mass is 10.2. The highest BCUT2D eigenvalue weighted by Crippen LogP contribution is 2.29. The number of hydrogen-bond acceptors (Lipinski definition) is 4. The van der Waals surface area contributed by atoms with Crippen molar-refractivity contribution in [1.82, 2.24) is 14.5 Å². The molecule has 0 aromatic carbocycles. The predicted molar refractivity (Wildman–Crippen MR) is 79.6 cm³/mol. The van der Waals surface area contributed by atoms with E-state index in [1.165, 1.54) is 30.4 Å². The monoisotopic (exact) mass is 274 g/mol. The summed E-state index contributed by atoms with van der Waals surface area (Å²) in [7, 11) is 0. The van der Waals surface area contributed by atoms with Crippen LogP contribution in [0.25, 0.3) is 11.0 Å². The van der Waals surface area contributed by atoms with Gasteiger partial charge in [-0.15, -0.1) is 0 Å². The molecular weight excluding hydrogens is 252 g/mol. The lowest BCUT2D eigenvalue weighted by Gasteiger charge is -2.08. The number of aryl methyl sites for hydroxylation is 2. The quantitative estimate of drug-likeness (QED) is 0.822. The molecule has 0 amide bonds. The summed E-state index contributed by atoms with van der Waals surface area (Å²) in [5.41, 5.74) is 9.30. The number of hydrogen-bond donors (Lipinski definition) is 1. The molecule has 2 heterocycles. The second kappa shape index (κ2) is 5.40. The molecule has 2 aromatic heterocycles. The molecule has 108 valence electrons. The summed E-state index contributed by atoms with van der Waals surface area (Å²) in [4.78, 5) is 8.48. The van der Waals surface area contributed by atoms with E-state index in [-0.39, 0.29) is 0 Å². The van der Waals surface area contributed by atoms with E-state index in [0.717, 1.165) is 43.1 Å². The highest BCUT2D eigenvalue weighted by Gasteiger charge is 2.21. The van der Waals surface area contributed by atoms with Gasteiger partial charge in [-0.05, 0) is 44.6 Å². The number of anilines is 1. The molecule has 0 aliphatic heterocycles. The normalized spacial score (nSPS) is 15.1. The summed E-state index contributed by atoms with van der Waals surface area (Å²) < 4.78 is 7.92. The molecule has 0 unspecified atom stereocenters. The van der Waals surface area contributed by atoms with Gasteiger partial charge in [0.2, 0.25) is 0 Å². The van der Waals surface area contributed by atoms with Gasteiger partial charge in [0.25, 0.3) is 0 Å². The first-order valence-corrected chi connectivity index (χ1v) is 7.32. The summed E-state index contributed by atoms with van der Waals surface area (Å²) in [6, 6.07) is 0. The lowest BCUT2D eigenvalue weighted by molar-refractivity contribution is 0.119. The molecule has 0 atom stereocenters. The van der Waals surface area contributed by atoms with E-state index in [9.17, 15) is 0 Å². The smallest absolute Gasteiger partial charge is 0.145 e. The number of aromatic nitrogens is 3. The van der Waals surface area contributed by atoms with E-state index in [2.05, 4.69) is 28.4 Å². The number of nitrogens with zero attached hydrogens (tertiary/aromatic N) is 3. The summed E-state index contributed by atoms with van der Waals surface area (Å²) in [6.07, 6.45) is 5.23. The zero-order chi connectivity index (χ0) is 14.1. The molecule has 3 rings (SSSR count). The molecule has 1 aliphatic rings. The van der Waals surface area contributed by atoms with Crippen molar-refractivity contribution >= 4 is 16.9 Å². The molecule has 2 aromatic rings. The van der Waals surface area contributed by atoms with Crippen LogP contribution >= 0.6 is 0 Å². The fourth-order valence-corrected chi connectivity index (χ4v) is 2.63. The van der Waals surface area contributed by atoms with Gasteiger partial charge in [-0.3, -0.25) is 0 Å². The van der Waals surface area contributed by atoms with Crippen LogP contribution in [0.15, 0.2) is 6.33 Å². The van der Waals surface area contributed by atoms with Crippen molar-refractivity contribution in [2.45, 2.75) is 39.7 Å². The number of fused-ring (bicyclic) bond motifs is 1. The summed E-state index contributed by atoms with van der Waals surface area (Å²) in [5.74, 6) is 1.40. The van der Waals surface area contributed by atoms with Crippen LogP contribution in [0.3, 0.4) is 0 Å². The number of ether oxygens (including phenoxy) is 1. The van der Waals surface area contributed by atoms with Gasteiger partial charge in [-0.25, -0.2) is 9.97 Å². The first-order valence-electron chi connectivity index (χ1n) is 7.32. The minimum absolute atomic E-state index is 0.569. The van der Waals surface area contributed by atoms with Crippen molar-refractivity contribution in [2.75, 3.05) is 18.9 Å². The van der Waals surface area contributed by atoms with E-state index in [0.29, 0.717) is 5.82 Å². The number of nitrogens with two attached hydrogens (primary N) is 1. The van der Waals surface area contributed by atoms with Crippen LogP contribution in [0.4, 0.5) is 5.82 Å². The number of nitrogen functional groups attached to an aromatic ring is 1. The molecule has 5 nitrogen and oxygen atoms in total. The third-order valence-corrected chi connectivity index (χ3v) is 4.16. The van der Waals surface area contributed by atoms with Crippen LogP contribution < -0.4 is 5.73 Å². The first-order chi connectivity index (χ1) is 9.68. The molecule has 5 heteroatoms. The Labute approximate surface area is 119 Å². The third kappa shape index (κ3) is 2.50. The predicted octanol–water partition coefficient (Wildman–Crippen LogP) is 2.45. The van der Waals surface area contributed by atoms with Gasteiger partial charge in [0.15, 0.2) is 0 Å². The van der Waals surface area contributed by atoms with Crippen molar-refractivity contribution in [1.29, 1.82) is 0 Å². The largest absolute Gasteiger partial charge is 0.383 e. The highest BCUT2D eigenvalue weighted by molar-refractivity contribution is 5.90. The minimum Gasteiger partial charge on any atom is -0.383 e. The average Bonchev–Trinajstić information content (AvgIpc) is 3.21. The second-order valence-corrected chi connectivity index (χ2v) is 5.69. The van der Waals surface area contributed by atoms with Crippen molar-refractivity contribution in [2.24, 2.45) is 5.92 Å². The Morgan fingerprint density at radius 1 is 1.35 bits per heavy atom. The Morgan fingerprint density at radius 3 is 2.90 bits per heavy atom. The van der Waals surface area contributed by atoms with E-state index >= 15 is 0 Å². The minimum atomic E-state index is 0.569. The van der Waals surface area contributed by atoms with Crippen LogP contribution in [0, 0.1) is 19.8 Å². The molecular formula is C15H22N4O. The fraction of sp³-hybridized carbons (Fsp3) is 0.600. The van der Waals surface area contributed by atoms with E-state index in [1.54, 1.807) is 0 Å². The van der Waals surface area contributed by atoms with Crippen LogP contribution in [0.2, 0.25) is 0 Å². The van der Waals surface area contributed by atoms with E-state index < -0.39 is 0 Å². The molecule has 2 N–H and O–H groups in total. The molecule has 20 heavy (non-hydrogen) atoms. The maximum atomic E-state index is 5.97. The Bertz CT molecular complexity index is 616. The molecule has 1 aliphatic carbocycles. The van der Waals surface area contributed by atoms with Crippen LogP contribution in [-0.4, -0.2) is 27.7 Å². The van der Waals surface area contributed by atoms with E-state index in [1.807, 2.05) is 0 Å². The standard InChI is InChI=1S/C15H22N4O/c1-10-11(2)19(6-3-7-20-8-12-4-5-12)15-13(10)14(16)17-9-18-15/h9,12H,3-8H2,1-2H3,(H2,16,17,18). The Balaban J connectivity index is 1.70. The van der Waals surface area contributed by atoms with Crippen molar-refractivity contribution in [3.8, 4) is 0 Å². The van der Waals surface area contributed by atoms with Crippen LogP contribution in [0.1, 0.15) is 30.5 Å². The lowest BCUT2D eigenvalue weighted by Crippen LogP contribution is -2.06. The Morgan fingerprint density at radius 2 is 2.15 bits per heavy atom. The first kappa shape index (κ1) is 13.4. The summed E-state index contributed by atoms with van der Waals surface area (Å²) in [6.45, 7) is 6.85. The van der Waals surface area contributed by atoms with Gasteiger partial charge in [0, 0.05) is 25.5 Å². The molecule has 0 spiro atoms. The Hall–Kier alpha value is -1.62. The van der Waals surface area contributed by atoms with E-state index in [4.69, 9.17) is 10.5 Å². The van der Waals surface area contributed by atoms with Gasteiger partial charge in [0.05, 0.1) is 5.39 Å². The van der Waals surface area contributed by atoms with Gasteiger partial charge in [0.1, 0.15) is 17.8 Å². The SMILES string of the molecule is Cc1c(C)n(CCCOCC2CC2)c2ncnc(N)c12. The average molecular weight is 274 g/mol. The van der Waals surface area contributed by atoms with Gasteiger partial charge in [-0.1, -0.05) is 0 Å². The Kier molecular flexibility index (Phi) is 3.61. The van der Waals surface area contributed by atoms with Gasteiger partial charge in [-0.2, -0.15) is 0 Å². The van der Waals surface area contributed by atoms with Crippen molar-refractivity contribution in [3.63, 3.8) is 0 Å².